The predicted molar refractivity (Wildman–Crippen MR) is 79.7 cm³/mol. The van der Waals surface area contributed by atoms with E-state index in [9.17, 15) is 4.79 Å². The summed E-state index contributed by atoms with van der Waals surface area (Å²) in [5.41, 5.74) is 0. The molecule has 2 heterocycles. The second-order valence-electron chi connectivity index (χ2n) is 6.49. The average molecular weight is 283 g/mol. The molecular formula is C15H29N3O2. The van der Waals surface area contributed by atoms with Gasteiger partial charge in [0, 0.05) is 39.1 Å². The van der Waals surface area contributed by atoms with Crippen LogP contribution in [-0.4, -0.2) is 74.2 Å². The van der Waals surface area contributed by atoms with E-state index in [2.05, 4.69) is 36.0 Å². The first-order chi connectivity index (χ1) is 9.52. The Bertz CT molecular complexity index is 314. The highest BCUT2D eigenvalue weighted by Crippen LogP contribution is 2.13. The number of hydrogen-bond acceptors (Lipinski definition) is 4. The Morgan fingerprint density at radius 2 is 1.95 bits per heavy atom. The maximum atomic E-state index is 11.9. The molecule has 2 rings (SSSR count). The lowest BCUT2D eigenvalue weighted by Gasteiger charge is -2.35. The van der Waals surface area contributed by atoms with E-state index in [1.165, 1.54) is 6.42 Å². The van der Waals surface area contributed by atoms with Gasteiger partial charge in [-0.1, -0.05) is 0 Å². The molecule has 5 heteroatoms. The summed E-state index contributed by atoms with van der Waals surface area (Å²) in [4.78, 5) is 16.6. The third-order valence-corrected chi connectivity index (χ3v) is 4.23. The summed E-state index contributed by atoms with van der Waals surface area (Å²) in [7, 11) is 2.14. The van der Waals surface area contributed by atoms with Gasteiger partial charge in [-0.3, -0.25) is 9.69 Å². The Morgan fingerprint density at radius 1 is 1.25 bits per heavy atom. The normalized spacial score (nSPS) is 32.5. The number of amides is 1. The summed E-state index contributed by atoms with van der Waals surface area (Å²) in [5.74, 6) is 0.818. The monoisotopic (exact) mass is 283 g/mol. The molecule has 0 bridgehead atoms. The molecule has 1 N–H and O–H groups in total. The van der Waals surface area contributed by atoms with Crippen LogP contribution in [0.2, 0.25) is 0 Å². The van der Waals surface area contributed by atoms with Gasteiger partial charge in [0.1, 0.15) is 0 Å². The molecule has 116 valence electrons. The van der Waals surface area contributed by atoms with Crippen molar-refractivity contribution in [2.45, 2.75) is 38.9 Å². The lowest BCUT2D eigenvalue weighted by molar-refractivity contribution is -0.122. The highest BCUT2D eigenvalue weighted by atomic mass is 16.5. The third kappa shape index (κ3) is 5.04. The van der Waals surface area contributed by atoms with Crippen molar-refractivity contribution in [3.8, 4) is 0 Å². The van der Waals surface area contributed by atoms with Crippen molar-refractivity contribution in [3.63, 3.8) is 0 Å². The van der Waals surface area contributed by atoms with Crippen molar-refractivity contribution < 1.29 is 9.53 Å². The maximum absolute atomic E-state index is 11.9. The van der Waals surface area contributed by atoms with E-state index >= 15 is 0 Å². The van der Waals surface area contributed by atoms with Crippen LogP contribution < -0.4 is 5.32 Å². The molecule has 0 saturated carbocycles. The van der Waals surface area contributed by atoms with Gasteiger partial charge < -0.3 is 15.0 Å². The van der Waals surface area contributed by atoms with Crippen LogP contribution >= 0.6 is 0 Å². The fourth-order valence-electron chi connectivity index (χ4n) is 3.27. The number of nitrogens with zero attached hydrogens (tertiary/aromatic N) is 2. The van der Waals surface area contributed by atoms with Gasteiger partial charge in [0.2, 0.25) is 5.91 Å². The van der Waals surface area contributed by atoms with E-state index in [1.807, 2.05) is 0 Å². The van der Waals surface area contributed by atoms with Crippen molar-refractivity contribution in [1.29, 1.82) is 0 Å². The van der Waals surface area contributed by atoms with Crippen molar-refractivity contribution in [2.24, 2.45) is 5.92 Å². The molecule has 5 nitrogen and oxygen atoms in total. The van der Waals surface area contributed by atoms with Crippen LogP contribution in [0.4, 0.5) is 0 Å². The van der Waals surface area contributed by atoms with Crippen LogP contribution in [0, 0.1) is 5.92 Å². The zero-order chi connectivity index (χ0) is 14.5. The lowest BCUT2D eigenvalue weighted by Crippen LogP contribution is -2.46. The van der Waals surface area contributed by atoms with Crippen LogP contribution in [0.1, 0.15) is 26.7 Å². The number of ether oxygens (including phenoxy) is 1. The Labute approximate surface area is 122 Å². The van der Waals surface area contributed by atoms with Crippen LogP contribution in [0.25, 0.3) is 0 Å². The molecule has 0 spiro atoms. The number of carbonyl (C=O) groups is 1. The van der Waals surface area contributed by atoms with Gasteiger partial charge in [-0.15, -0.1) is 0 Å². The summed E-state index contributed by atoms with van der Waals surface area (Å²) < 4.78 is 5.70. The summed E-state index contributed by atoms with van der Waals surface area (Å²) >= 11 is 0. The first-order valence-corrected chi connectivity index (χ1v) is 7.86. The molecule has 2 aliphatic rings. The van der Waals surface area contributed by atoms with Crippen LogP contribution in [0.15, 0.2) is 0 Å². The molecule has 2 saturated heterocycles. The number of hydrogen-bond donors (Lipinski definition) is 1. The van der Waals surface area contributed by atoms with Gasteiger partial charge in [0.25, 0.3) is 0 Å². The Morgan fingerprint density at radius 3 is 2.55 bits per heavy atom. The number of nitrogens with one attached hydrogen (secondary N) is 1. The van der Waals surface area contributed by atoms with Crippen LogP contribution in [-0.2, 0) is 9.53 Å². The Balaban J connectivity index is 1.60. The van der Waals surface area contributed by atoms with Crippen molar-refractivity contribution in [1.82, 2.24) is 15.1 Å². The minimum Gasteiger partial charge on any atom is -0.373 e. The molecule has 2 aliphatic heterocycles. The van der Waals surface area contributed by atoms with E-state index in [0.717, 1.165) is 39.3 Å². The van der Waals surface area contributed by atoms with Crippen molar-refractivity contribution >= 4 is 5.91 Å². The number of likely N-dealkylation sites (tertiary alicyclic amines) is 1. The molecule has 2 fully saturated rings. The third-order valence-electron chi connectivity index (χ3n) is 4.23. The lowest BCUT2D eigenvalue weighted by atomic mass is 10.1. The number of carbonyl (C=O) groups excluding carboxylic acids is 1. The molecule has 0 aromatic rings. The zero-order valence-electron chi connectivity index (χ0n) is 13.1. The van der Waals surface area contributed by atoms with Gasteiger partial charge >= 0.3 is 0 Å². The largest absolute Gasteiger partial charge is 0.373 e. The smallest absolute Gasteiger partial charge is 0.221 e. The molecule has 0 aromatic carbocycles. The van der Waals surface area contributed by atoms with E-state index in [1.54, 1.807) is 0 Å². The van der Waals surface area contributed by atoms with Gasteiger partial charge in [-0.25, -0.2) is 0 Å². The van der Waals surface area contributed by atoms with Crippen LogP contribution in [0.5, 0.6) is 0 Å². The van der Waals surface area contributed by atoms with Gasteiger partial charge in [0.15, 0.2) is 0 Å². The fraction of sp³-hybridized carbons (Fsp3) is 0.933. The first-order valence-electron chi connectivity index (χ1n) is 7.86. The van der Waals surface area contributed by atoms with E-state index < -0.39 is 0 Å². The molecule has 0 radical (unpaired) electrons. The van der Waals surface area contributed by atoms with Crippen molar-refractivity contribution in [2.75, 3.05) is 46.3 Å². The summed E-state index contributed by atoms with van der Waals surface area (Å²) in [5, 5.41) is 3.08. The topological polar surface area (TPSA) is 44.8 Å². The fourth-order valence-corrected chi connectivity index (χ4v) is 3.27. The Hall–Kier alpha value is -0.650. The molecule has 3 atom stereocenters. The summed E-state index contributed by atoms with van der Waals surface area (Å²) in [6, 6.07) is 0. The highest BCUT2D eigenvalue weighted by molar-refractivity contribution is 5.76. The predicted octanol–water partition coefficient (Wildman–Crippen LogP) is 0.554. The average Bonchev–Trinajstić information content (AvgIpc) is 2.79. The number of rotatable bonds is 5. The molecule has 0 unspecified atom stereocenters. The number of morpholine rings is 1. The van der Waals surface area contributed by atoms with E-state index in [-0.39, 0.29) is 18.1 Å². The molecule has 1 amide bonds. The molecular weight excluding hydrogens is 254 g/mol. The first kappa shape index (κ1) is 15.7. The minimum absolute atomic E-state index is 0.186. The molecule has 20 heavy (non-hydrogen) atoms. The summed E-state index contributed by atoms with van der Waals surface area (Å²) in [6.45, 7) is 10.0. The van der Waals surface area contributed by atoms with Crippen LogP contribution in [0.3, 0.4) is 0 Å². The molecule has 0 aliphatic carbocycles. The Kier molecular flexibility index (Phi) is 5.81. The minimum atomic E-state index is 0.186. The standard InChI is InChI=1S/C15H29N3O2/c1-12-9-18(10-13(2)20-12)7-5-15(19)16-8-14-4-6-17(3)11-14/h12-14H,4-11H2,1-3H3,(H,16,19)/t12-,13+,14-/m1/s1. The van der Waals surface area contributed by atoms with Gasteiger partial charge in [-0.05, 0) is 39.8 Å². The quantitative estimate of drug-likeness (QED) is 0.800. The van der Waals surface area contributed by atoms with E-state index in [4.69, 9.17) is 4.74 Å². The zero-order valence-corrected chi connectivity index (χ0v) is 13.1. The highest BCUT2D eigenvalue weighted by Gasteiger charge is 2.23. The summed E-state index contributed by atoms with van der Waals surface area (Å²) in [6.07, 6.45) is 2.35. The second-order valence-corrected chi connectivity index (χ2v) is 6.49. The van der Waals surface area contributed by atoms with E-state index in [0.29, 0.717) is 12.3 Å². The molecule has 0 aromatic heterocycles. The van der Waals surface area contributed by atoms with Gasteiger partial charge in [-0.2, -0.15) is 0 Å². The maximum Gasteiger partial charge on any atom is 0.221 e. The van der Waals surface area contributed by atoms with Gasteiger partial charge in [0.05, 0.1) is 12.2 Å². The SMILES string of the molecule is C[C@@H]1CN(CCC(=O)NC[C@H]2CCN(C)C2)C[C@H](C)O1. The second kappa shape index (κ2) is 7.38. The van der Waals surface area contributed by atoms with Crippen molar-refractivity contribution in [3.05, 3.63) is 0 Å².